The molecule has 0 radical (unpaired) electrons. The van der Waals surface area contributed by atoms with E-state index in [1.807, 2.05) is 48.5 Å². The smallest absolute Gasteiger partial charge is 0.224 e. The lowest BCUT2D eigenvalue weighted by Gasteiger charge is -2.09. The average Bonchev–Trinajstić information content (AvgIpc) is 3.17. The number of nitrogens with zero attached hydrogens (tertiary/aromatic N) is 1. The van der Waals surface area contributed by atoms with Gasteiger partial charge in [0.1, 0.15) is 11.6 Å². The molecule has 0 saturated heterocycles. The van der Waals surface area contributed by atoms with Crippen LogP contribution in [0.4, 0.5) is 5.69 Å². The van der Waals surface area contributed by atoms with E-state index in [0.717, 1.165) is 28.1 Å². The van der Waals surface area contributed by atoms with Crippen molar-refractivity contribution in [3.05, 3.63) is 76.8 Å². The number of H-pyrrole nitrogens is 1. The highest BCUT2D eigenvalue weighted by Gasteiger charge is 2.07. The Bertz CT molecular complexity index is 1140. The number of aromatic nitrogens is 2. The Kier molecular flexibility index (Phi) is 6.21. The summed E-state index contributed by atoms with van der Waals surface area (Å²) >= 11 is 11.9. The Morgan fingerprint density at radius 1 is 1.03 bits per heavy atom. The van der Waals surface area contributed by atoms with E-state index >= 15 is 0 Å². The second kappa shape index (κ2) is 9.20. The summed E-state index contributed by atoms with van der Waals surface area (Å²) in [5.41, 5.74) is 3.61. The molecule has 152 valence electrons. The number of carbonyl (C=O) groups is 1. The van der Waals surface area contributed by atoms with E-state index in [9.17, 15) is 4.79 Å². The number of fused-ring (bicyclic) bond motifs is 1. The predicted molar refractivity (Wildman–Crippen MR) is 121 cm³/mol. The number of hydrogen-bond donors (Lipinski definition) is 2. The minimum absolute atomic E-state index is 0.0720. The third-order valence-corrected chi connectivity index (χ3v) is 5.06. The van der Waals surface area contributed by atoms with E-state index in [2.05, 4.69) is 15.3 Å². The Morgan fingerprint density at radius 2 is 1.83 bits per heavy atom. The van der Waals surface area contributed by atoms with Gasteiger partial charge in [-0.3, -0.25) is 4.79 Å². The largest absolute Gasteiger partial charge is 0.492 e. The van der Waals surface area contributed by atoms with Crippen LogP contribution in [0, 0.1) is 0 Å². The molecule has 0 fully saturated rings. The highest BCUT2D eigenvalue weighted by molar-refractivity contribution is 6.35. The van der Waals surface area contributed by atoms with Crippen molar-refractivity contribution in [2.45, 2.75) is 12.8 Å². The van der Waals surface area contributed by atoms with Gasteiger partial charge in [-0.15, -0.1) is 0 Å². The molecular weight excluding hydrogens is 421 g/mol. The van der Waals surface area contributed by atoms with Gasteiger partial charge < -0.3 is 15.0 Å². The van der Waals surface area contributed by atoms with E-state index in [0.29, 0.717) is 35.2 Å². The summed E-state index contributed by atoms with van der Waals surface area (Å²) < 4.78 is 5.60. The van der Waals surface area contributed by atoms with Crippen LogP contribution in [0.1, 0.15) is 12.8 Å². The fourth-order valence-electron chi connectivity index (χ4n) is 3.03. The Balaban J connectivity index is 1.27. The first-order chi connectivity index (χ1) is 14.6. The third kappa shape index (κ3) is 4.93. The van der Waals surface area contributed by atoms with Crippen LogP contribution in [0.15, 0.2) is 66.7 Å². The summed E-state index contributed by atoms with van der Waals surface area (Å²) in [5.74, 6) is 1.28. The SMILES string of the molecule is O=C(CCCOc1ccc(Cl)cc1Cl)Nc1ccc(-c2nc3ccccc3[nH]2)cc1. The minimum atomic E-state index is -0.0720. The average molecular weight is 440 g/mol. The van der Waals surface area contributed by atoms with Gasteiger partial charge in [0.25, 0.3) is 0 Å². The molecule has 4 rings (SSSR count). The summed E-state index contributed by atoms with van der Waals surface area (Å²) in [5, 5.41) is 3.90. The molecule has 1 heterocycles. The van der Waals surface area contributed by atoms with Gasteiger partial charge in [-0.05, 0) is 61.0 Å². The molecule has 30 heavy (non-hydrogen) atoms. The van der Waals surface area contributed by atoms with Crippen molar-refractivity contribution < 1.29 is 9.53 Å². The maximum absolute atomic E-state index is 12.2. The summed E-state index contributed by atoms with van der Waals surface area (Å²) in [6.07, 6.45) is 0.915. The zero-order valence-corrected chi connectivity index (χ0v) is 17.5. The monoisotopic (exact) mass is 439 g/mol. The highest BCUT2D eigenvalue weighted by atomic mass is 35.5. The Hall–Kier alpha value is -3.02. The molecule has 1 amide bonds. The maximum Gasteiger partial charge on any atom is 0.224 e. The first-order valence-corrected chi connectivity index (χ1v) is 10.3. The van der Waals surface area contributed by atoms with Crippen LogP contribution >= 0.6 is 23.2 Å². The van der Waals surface area contributed by atoms with Gasteiger partial charge in [0.15, 0.2) is 0 Å². The molecule has 5 nitrogen and oxygen atoms in total. The van der Waals surface area contributed by atoms with Gasteiger partial charge in [0.2, 0.25) is 5.91 Å². The van der Waals surface area contributed by atoms with Crippen LogP contribution in [0.2, 0.25) is 10.0 Å². The van der Waals surface area contributed by atoms with E-state index in [4.69, 9.17) is 27.9 Å². The number of amides is 1. The fourth-order valence-corrected chi connectivity index (χ4v) is 3.49. The number of anilines is 1. The van der Waals surface area contributed by atoms with Crippen molar-refractivity contribution in [1.29, 1.82) is 0 Å². The second-order valence-electron chi connectivity index (χ2n) is 6.75. The van der Waals surface area contributed by atoms with Crippen LogP contribution in [0.5, 0.6) is 5.75 Å². The molecule has 0 atom stereocenters. The molecule has 2 N–H and O–H groups in total. The zero-order chi connectivity index (χ0) is 20.9. The van der Waals surface area contributed by atoms with Gasteiger partial charge in [0, 0.05) is 22.7 Å². The first kappa shape index (κ1) is 20.3. The number of hydrogen-bond acceptors (Lipinski definition) is 3. The number of imidazole rings is 1. The van der Waals surface area contributed by atoms with Crippen LogP contribution in [-0.2, 0) is 4.79 Å². The van der Waals surface area contributed by atoms with Crippen LogP contribution in [-0.4, -0.2) is 22.5 Å². The topological polar surface area (TPSA) is 67.0 Å². The van der Waals surface area contributed by atoms with Crippen molar-refractivity contribution in [1.82, 2.24) is 9.97 Å². The molecule has 4 aromatic rings. The molecule has 0 saturated carbocycles. The lowest BCUT2D eigenvalue weighted by atomic mass is 10.2. The van der Waals surface area contributed by atoms with Crippen LogP contribution in [0.3, 0.4) is 0 Å². The van der Waals surface area contributed by atoms with Crippen molar-refractivity contribution in [2.75, 3.05) is 11.9 Å². The molecule has 3 aromatic carbocycles. The number of aromatic amines is 1. The van der Waals surface area contributed by atoms with Crippen LogP contribution in [0.25, 0.3) is 22.4 Å². The number of nitrogens with one attached hydrogen (secondary N) is 2. The molecule has 0 aliphatic carbocycles. The number of ether oxygens (including phenoxy) is 1. The Labute approximate surface area is 184 Å². The van der Waals surface area contributed by atoms with E-state index in [1.54, 1.807) is 18.2 Å². The number of halogens is 2. The molecular formula is C23H19Cl2N3O2. The molecule has 0 unspecified atom stereocenters. The second-order valence-corrected chi connectivity index (χ2v) is 7.60. The molecule has 1 aromatic heterocycles. The van der Waals surface area contributed by atoms with Gasteiger partial charge in [-0.2, -0.15) is 0 Å². The zero-order valence-electron chi connectivity index (χ0n) is 16.0. The van der Waals surface area contributed by atoms with Crippen molar-refractivity contribution in [2.24, 2.45) is 0 Å². The Morgan fingerprint density at radius 3 is 2.60 bits per heavy atom. The van der Waals surface area contributed by atoms with Crippen molar-refractivity contribution >= 4 is 45.8 Å². The molecule has 0 spiro atoms. The normalized spacial score (nSPS) is 10.9. The first-order valence-electron chi connectivity index (χ1n) is 9.51. The number of rotatable bonds is 7. The summed E-state index contributed by atoms with van der Waals surface area (Å²) in [6.45, 7) is 0.389. The molecule has 0 bridgehead atoms. The van der Waals surface area contributed by atoms with E-state index < -0.39 is 0 Å². The van der Waals surface area contributed by atoms with E-state index in [1.165, 1.54) is 0 Å². The molecule has 7 heteroatoms. The number of para-hydroxylation sites is 2. The van der Waals surface area contributed by atoms with Gasteiger partial charge in [-0.1, -0.05) is 35.3 Å². The van der Waals surface area contributed by atoms with Gasteiger partial charge >= 0.3 is 0 Å². The lowest BCUT2D eigenvalue weighted by Crippen LogP contribution is -2.12. The highest BCUT2D eigenvalue weighted by Crippen LogP contribution is 2.27. The summed E-state index contributed by atoms with van der Waals surface area (Å²) in [6, 6.07) is 20.5. The lowest BCUT2D eigenvalue weighted by molar-refractivity contribution is -0.116. The molecule has 0 aliphatic heterocycles. The fraction of sp³-hybridized carbons (Fsp3) is 0.130. The predicted octanol–water partition coefficient (Wildman–Crippen LogP) is 6.33. The standard InChI is InChI=1S/C23H19Cl2N3O2/c24-16-9-12-21(18(25)14-16)30-13-3-6-22(29)26-17-10-7-15(8-11-17)23-27-19-4-1-2-5-20(19)28-23/h1-2,4-5,7-12,14H,3,6,13H2,(H,26,29)(H,27,28). The summed E-state index contributed by atoms with van der Waals surface area (Å²) in [7, 11) is 0. The molecule has 0 aliphatic rings. The number of carbonyl (C=O) groups excluding carboxylic acids is 1. The van der Waals surface area contributed by atoms with Gasteiger partial charge in [0.05, 0.1) is 22.7 Å². The van der Waals surface area contributed by atoms with Gasteiger partial charge in [-0.25, -0.2) is 4.98 Å². The van der Waals surface area contributed by atoms with Crippen molar-refractivity contribution in [3.63, 3.8) is 0 Å². The third-order valence-electron chi connectivity index (χ3n) is 4.53. The van der Waals surface area contributed by atoms with E-state index in [-0.39, 0.29) is 5.91 Å². The minimum Gasteiger partial charge on any atom is -0.492 e. The van der Waals surface area contributed by atoms with Crippen molar-refractivity contribution in [3.8, 4) is 17.1 Å². The number of benzene rings is 3. The van der Waals surface area contributed by atoms with Crippen LogP contribution < -0.4 is 10.1 Å². The quantitative estimate of drug-likeness (QED) is 0.330. The summed E-state index contributed by atoms with van der Waals surface area (Å²) in [4.78, 5) is 20.1. The maximum atomic E-state index is 12.2.